The molecule has 0 aliphatic carbocycles. The van der Waals surface area contributed by atoms with Gasteiger partial charge in [0.15, 0.2) is 11.5 Å². The molecule has 0 spiro atoms. The molecule has 3 rings (SSSR count). The molecule has 0 bridgehead atoms. The Morgan fingerprint density at radius 2 is 2.00 bits per heavy atom. The van der Waals surface area contributed by atoms with Gasteiger partial charge in [0, 0.05) is 12.1 Å². The molecular weight excluding hydrogens is 303 g/mol. The summed E-state index contributed by atoms with van der Waals surface area (Å²) in [4.78, 5) is 10.7. The second-order valence-electron chi connectivity index (χ2n) is 5.15. The number of hydrogen-bond acceptors (Lipinski definition) is 5. The van der Waals surface area contributed by atoms with Crippen molar-refractivity contribution in [2.75, 3.05) is 13.3 Å². The Balaban J connectivity index is 1.62. The third-order valence-electron chi connectivity index (χ3n) is 3.57. The molecule has 0 radical (unpaired) electrons. The van der Waals surface area contributed by atoms with E-state index in [2.05, 4.69) is 5.32 Å². The molecule has 1 aliphatic heterocycles. The van der Waals surface area contributed by atoms with Gasteiger partial charge in [-0.25, -0.2) is 4.39 Å². The number of nitrogens with zero attached hydrogens (tertiary/aromatic N) is 1. The molecule has 2 aromatic rings. The van der Waals surface area contributed by atoms with Crippen molar-refractivity contribution < 1.29 is 18.8 Å². The first kappa shape index (κ1) is 15.2. The Hall–Kier alpha value is -2.67. The second kappa shape index (κ2) is 6.62. The van der Waals surface area contributed by atoms with Crippen molar-refractivity contribution in [1.82, 2.24) is 5.32 Å². The first-order chi connectivity index (χ1) is 11.1. The van der Waals surface area contributed by atoms with E-state index in [1.54, 1.807) is 12.1 Å². The molecule has 1 N–H and O–H groups in total. The number of fused-ring (bicyclic) bond motifs is 1. The van der Waals surface area contributed by atoms with Gasteiger partial charge in [-0.15, -0.1) is 0 Å². The summed E-state index contributed by atoms with van der Waals surface area (Å²) in [5.41, 5.74) is 1.39. The largest absolute Gasteiger partial charge is 0.454 e. The predicted octanol–water partition coefficient (Wildman–Crippen LogP) is 2.79. The number of nitrogens with one attached hydrogen (secondary N) is 1. The zero-order valence-corrected chi connectivity index (χ0v) is 12.3. The van der Waals surface area contributed by atoms with Crippen LogP contribution in [0.5, 0.6) is 11.5 Å². The van der Waals surface area contributed by atoms with Gasteiger partial charge in [-0.2, -0.15) is 0 Å². The van der Waals surface area contributed by atoms with Crippen molar-refractivity contribution >= 4 is 5.69 Å². The van der Waals surface area contributed by atoms with Gasteiger partial charge in [0.1, 0.15) is 5.82 Å². The van der Waals surface area contributed by atoms with E-state index in [4.69, 9.17) is 9.47 Å². The number of rotatable bonds is 6. The molecule has 1 heterocycles. The molecular formula is C16H15FN2O4. The molecule has 0 amide bonds. The molecule has 0 unspecified atom stereocenters. The Bertz CT molecular complexity index is 736. The van der Waals surface area contributed by atoms with Crippen molar-refractivity contribution in [1.29, 1.82) is 0 Å². The highest BCUT2D eigenvalue weighted by atomic mass is 19.1. The van der Waals surface area contributed by atoms with Gasteiger partial charge in [-0.1, -0.05) is 12.1 Å². The summed E-state index contributed by atoms with van der Waals surface area (Å²) in [6.07, 6.45) is 0.635. The van der Waals surface area contributed by atoms with Crippen LogP contribution in [0.25, 0.3) is 0 Å². The van der Waals surface area contributed by atoms with Crippen LogP contribution in [0.1, 0.15) is 11.1 Å². The summed E-state index contributed by atoms with van der Waals surface area (Å²) in [6.45, 7) is 0.972. The van der Waals surface area contributed by atoms with E-state index in [0.717, 1.165) is 5.56 Å². The van der Waals surface area contributed by atoms with Crippen LogP contribution in [-0.4, -0.2) is 18.3 Å². The number of halogens is 1. The van der Waals surface area contributed by atoms with E-state index in [1.165, 1.54) is 18.2 Å². The van der Waals surface area contributed by atoms with Crippen LogP contribution in [0, 0.1) is 15.9 Å². The smallest absolute Gasteiger partial charge is 0.277 e. The molecule has 0 saturated heterocycles. The molecule has 0 saturated carbocycles. The number of nitro benzene ring substituents is 1. The molecule has 0 fully saturated rings. The number of hydrogen-bond donors (Lipinski definition) is 1. The minimum Gasteiger partial charge on any atom is -0.454 e. The van der Waals surface area contributed by atoms with E-state index in [1.807, 2.05) is 6.07 Å². The Kier molecular flexibility index (Phi) is 4.38. The molecule has 23 heavy (non-hydrogen) atoms. The highest BCUT2D eigenvalue weighted by Gasteiger charge is 2.22. The third-order valence-corrected chi connectivity index (χ3v) is 3.57. The van der Waals surface area contributed by atoms with Crippen LogP contribution in [0.4, 0.5) is 10.1 Å². The van der Waals surface area contributed by atoms with Gasteiger partial charge >= 0.3 is 0 Å². The maximum absolute atomic E-state index is 13.1. The van der Waals surface area contributed by atoms with Gasteiger partial charge in [0.25, 0.3) is 5.69 Å². The first-order valence-corrected chi connectivity index (χ1v) is 7.15. The van der Waals surface area contributed by atoms with Gasteiger partial charge < -0.3 is 14.8 Å². The monoisotopic (exact) mass is 318 g/mol. The van der Waals surface area contributed by atoms with E-state index >= 15 is 0 Å². The van der Waals surface area contributed by atoms with E-state index in [0.29, 0.717) is 36.6 Å². The van der Waals surface area contributed by atoms with Crippen molar-refractivity contribution in [2.24, 2.45) is 0 Å². The van der Waals surface area contributed by atoms with Crippen LogP contribution in [0.3, 0.4) is 0 Å². The van der Waals surface area contributed by atoms with Crippen molar-refractivity contribution in [2.45, 2.75) is 13.0 Å². The quantitative estimate of drug-likeness (QED) is 0.504. The van der Waals surface area contributed by atoms with E-state index in [-0.39, 0.29) is 18.3 Å². The molecule has 2 aromatic carbocycles. The lowest BCUT2D eigenvalue weighted by Crippen LogP contribution is -2.17. The molecule has 120 valence electrons. The zero-order chi connectivity index (χ0) is 16.2. The highest BCUT2D eigenvalue weighted by Crippen LogP contribution is 2.37. The summed E-state index contributed by atoms with van der Waals surface area (Å²) in [7, 11) is 0. The number of ether oxygens (including phenoxy) is 2. The average Bonchev–Trinajstić information content (AvgIpc) is 2.98. The lowest BCUT2D eigenvalue weighted by Gasteiger charge is -2.07. The minimum atomic E-state index is -0.439. The fourth-order valence-corrected chi connectivity index (χ4v) is 2.43. The summed E-state index contributed by atoms with van der Waals surface area (Å²) in [5.74, 6) is 0.631. The number of benzene rings is 2. The Labute approximate surface area is 132 Å². The number of nitro groups is 1. The highest BCUT2D eigenvalue weighted by molar-refractivity contribution is 5.55. The van der Waals surface area contributed by atoms with Gasteiger partial charge in [-0.3, -0.25) is 10.1 Å². The predicted molar refractivity (Wildman–Crippen MR) is 81.0 cm³/mol. The normalized spacial score (nSPS) is 12.4. The topological polar surface area (TPSA) is 73.6 Å². The summed E-state index contributed by atoms with van der Waals surface area (Å²) < 4.78 is 23.5. The lowest BCUT2D eigenvalue weighted by atomic mass is 10.1. The van der Waals surface area contributed by atoms with Crippen LogP contribution in [0.15, 0.2) is 36.4 Å². The molecule has 0 atom stereocenters. The molecule has 1 aliphatic rings. The van der Waals surface area contributed by atoms with E-state index in [9.17, 15) is 14.5 Å². The van der Waals surface area contributed by atoms with E-state index < -0.39 is 4.92 Å². The standard InChI is InChI=1S/C16H15FN2O4/c17-13-3-1-2-11(6-13)4-5-18-9-12-7-15-16(23-10-22-15)8-14(12)19(20)21/h1-3,6-8,18H,4-5,9-10H2. The lowest BCUT2D eigenvalue weighted by molar-refractivity contribution is -0.385. The van der Waals surface area contributed by atoms with Gasteiger partial charge in [-0.05, 0) is 36.7 Å². The summed E-state index contributed by atoms with van der Waals surface area (Å²) >= 11 is 0. The van der Waals surface area contributed by atoms with Crippen molar-refractivity contribution in [3.63, 3.8) is 0 Å². The zero-order valence-electron chi connectivity index (χ0n) is 12.3. The van der Waals surface area contributed by atoms with Gasteiger partial charge in [0.2, 0.25) is 6.79 Å². The van der Waals surface area contributed by atoms with Crippen LogP contribution >= 0.6 is 0 Å². The fourth-order valence-electron chi connectivity index (χ4n) is 2.43. The van der Waals surface area contributed by atoms with Crippen molar-refractivity contribution in [3.05, 3.63) is 63.5 Å². The minimum absolute atomic E-state index is 0.00694. The van der Waals surface area contributed by atoms with Crippen molar-refractivity contribution in [3.8, 4) is 11.5 Å². The Morgan fingerprint density at radius 3 is 2.74 bits per heavy atom. The third kappa shape index (κ3) is 3.57. The maximum Gasteiger partial charge on any atom is 0.277 e. The molecule has 7 heteroatoms. The fraction of sp³-hybridized carbons (Fsp3) is 0.250. The molecule has 6 nitrogen and oxygen atoms in total. The van der Waals surface area contributed by atoms with Gasteiger partial charge in [0.05, 0.1) is 11.0 Å². The van der Waals surface area contributed by atoms with Crippen LogP contribution < -0.4 is 14.8 Å². The molecule has 0 aromatic heterocycles. The summed E-state index contributed by atoms with van der Waals surface area (Å²) in [5, 5.41) is 14.3. The van der Waals surface area contributed by atoms with Crippen LogP contribution in [-0.2, 0) is 13.0 Å². The second-order valence-corrected chi connectivity index (χ2v) is 5.15. The summed E-state index contributed by atoms with van der Waals surface area (Å²) in [6, 6.07) is 9.38. The maximum atomic E-state index is 13.1. The average molecular weight is 318 g/mol. The van der Waals surface area contributed by atoms with Crippen LogP contribution in [0.2, 0.25) is 0 Å². The Morgan fingerprint density at radius 1 is 1.22 bits per heavy atom. The SMILES string of the molecule is O=[N+]([O-])c1cc2c(cc1CNCCc1cccc(F)c1)OCO2. The first-order valence-electron chi connectivity index (χ1n) is 7.15.